The summed E-state index contributed by atoms with van der Waals surface area (Å²) in [4.78, 5) is 17.5. The van der Waals surface area contributed by atoms with Crippen molar-refractivity contribution < 1.29 is 18.6 Å². The summed E-state index contributed by atoms with van der Waals surface area (Å²) in [7, 11) is 1.61. The first-order valence-electron chi connectivity index (χ1n) is 9.75. The van der Waals surface area contributed by atoms with Gasteiger partial charge < -0.3 is 29.4 Å². The molecule has 0 radical (unpaired) electrons. The van der Waals surface area contributed by atoms with Gasteiger partial charge in [0.1, 0.15) is 5.82 Å². The molecule has 4 rings (SSSR count). The average molecular weight is 444 g/mol. The maximum atomic E-state index is 13.3. The van der Waals surface area contributed by atoms with Gasteiger partial charge in [-0.15, -0.1) is 0 Å². The number of hydrogen-bond acceptors (Lipinski definition) is 5. The molecule has 0 unspecified atom stereocenters. The number of aromatic amines is 1. The van der Waals surface area contributed by atoms with Crippen molar-refractivity contribution in [3.63, 3.8) is 0 Å². The predicted octanol–water partition coefficient (Wildman–Crippen LogP) is 2.92. The predicted molar refractivity (Wildman–Crippen MR) is 119 cm³/mol. The smallest absolute Gasteiger partial charge is 0.253 e. The van der Waals surface area contributed by atoms with Crippen LogP contribution >= 0.6 is 12.2 Å². The molecule has 1 aliphatic heterocycles. The van der Waals surface area contributed by atoms with Gasteiger partial charge in [0.2, 0.25) is 6.79 Å². The molecule has 1 aromatic heterocycles. The molecule has 31 heavy (non-hydrogen) atoms. The Labute approximate surface area is 183 Å². The van der Waals surface area contributed by atoms with E-state index >= 15 is 0 Å². The number of nitrogens with zero attached hydrogens (tertiary/aromatic N) is 1. The van der Waals surface area contributed by atoms with Crippen molar-refractivity contribution in [2.75, 3.05) is 27.1 Å². The van der Waals surface area contributed by atoms with Crippen molar-refractivity contribution in [2.45, 2.75) is 13.1 Å². The third-order valence-corrected chi connectivity index (χ3v) is 5.33. The topological polar surface area (TPSA) is 75.8 Å². The number of aromatic nitrogens is 1. The van der Waals surface area contributed by atoms with Crippen LogP contribution in [0.15, 0.2) is 47.3 Å². The van der Waals surface area contributed by atoms with E-state index in [-0.39, 0.29) is 24.7 Å². The van der Waals surface area contributed by atoms with Crippen LogP contribution in [0.4, 0.5) is 4.39 Å². The lowest BCUT2D eigenvalue weighted by Gasteiger charge is -2.26. The highest BCUT2D eigenvalue weighted by atomic mass is 32.1. The number of hydrogen-bond donors (Lipinski definition) is 2. The molecule has 1 aliphatic rings. The number of nitrogens with one attached hydrogen (secondary N) is 2. The van der Waals surface area contributed by atoms with Gasteiger partial charge in [0.05, 0.1) is 18.7 Å². The monoisotopic (exact) mass is 443 g/mol. The lowest BCUT2D eigenvalue weighted by Crippen LogP contribution is -2.41. The van der Waals surface area contributed by atoms with Crippen LogP contribution < -0.4 is 20.3 Å². The standard InChI is InChI=1S/C22H22FN3O4S/c1-28-7-6-24-22(31)26(11-14-2-4-17(23)5-3-14)12-16-8-15-9-19-20(30-13-29-19)10-18(15)25-21(16)27/h2-5,8-10H,6-7,11-13H2,1H3,(H,24,31)(H,25,27). The summed E-state index contributed by atoms with van der Waals surface area (Å²) in [5.41, 5.74) is 1.88. The van der Waals surface area contributed by atoms with E-state index in [0.29, 0.717) is 47.4 Å². The molecule has 0 amide bonds. The van der Waals surface area contributed by atoms with Gasteiger partial charge in [0.15, 0.2) is 16.6 Å². The Morgan fingerprint density at radius 2 is 1.94 bits per heavy atom. The molecule has 2 N–H and O–H groups in total. The summed E-state index contributed by atoms with van der Waals surface area (Å²) in [5.74, 6) is 0.948. The van der Waals surface area contributed by atoms with Gasteiger partial charge in [-0.05, 0) is 42.0 Å². The average Bonchev–Trinajstić information content (AvgIpc) is 3.21. The molecule has 0 aliphatic carbocycles. The van der Waals surface area contributed by atoms with E-state index in [1.165, 1.54) is 12.1 Å². The largest absolute Gasteiger partial charge is 0.454 e. The van der Waals surface area contributed by atoms with Crippen molar-refractivity contribution in [3.05, 3.63) is 69.8 Å². The molecule has 0 spiro atoms. The van der Waals surface area contributed by atoms with E-state index in [4.69, 9.17) is 26.4 Å². The van der Waals surface area contributed by atoms with E-state index in [1.54, 1.807) is 25.3 Å². The zero-order valence-corrected chi connectivity index (χ0v) is 17.8. The summed E-state index contributed by atoms with van der Waals surface area (Å²) in [6, 6.07) is 11.6. The highest BCUT2D eigenvalue weighted by Crippen LogP contribution is 2.35. The molecule has 2 aromatic carbocycles. The third-order valence-electron chi connectivity index (χ3n) is 4.93. The van der Waals surface area contributed by atoms with Gasteiger partial charge in [-0.3, -0.25) is 4.79 Å². The minimum absolute atomic E-state index is 0.162. The molecule has 0 saturated heterocycles. The van der Waals surface area contributed by atoms with E-state index in [2.05, 4.69) is 10.3 Å². The highest BCUT2D eigenvalue weighted by Gasteiger charge is 2.17. The van der Waals surface area contributed by atoms with Crippen LogP contribution in [0.5, 0.6) is 11.5 Å². The molecule has 0 saturated carbocycles. The number of H-pyrrole nitrogens is 1. The fraction of sp³-hybridized carbons (Fsp3) is 0.273. The van der Waals surface area contributed by atoms with Gasteiger partial charge in [-0.2, -0.15) is 0 Å². The van der Waals surface area contributed by atoms with Crippen LogP contribution in [-0.2, 0) is 17.8 Å². The lowest BCUT2D eigenvalue weighted by molar-refractivity contribution is 0.174. The van der Waals surface area contributed by atoms with Crippen LogP contribution in [0, 0.1) is 5.82 Å². The molecular weight excluding hydrogens is 421 g/mol. The van der Waals surface area contributed by atoms with Crippen LogP contribution in [0.1, 0.15) is 11.1 Å². The molecule has 0 bridgehead atoms. The second-order valence-corrected chi connectivity index (χ2v) is 7.51. The first-order chi connectivity index (χ1) is 15.0. The van der Waals surface area contributed by atoms with Crippen molar-refractivity contribution in [1.29, 1.82) is 0 Å². The summed E-state index contributed by atoms with van der Waals surface area (Å²) in [6.07, 6.45) is 0. The number of rotatable bonds is 7. The zero-order valence-electron chi connectivity index (χ0n) is 16.9. The summed E-state index contributed by atoms with van der Waals surface area (Å²) in [5, 5.41) is 4.45. The van der Waals surface area contributed by atoms with E-state index in [1.807, 2.05) is 17.0 Å². The number of methoxy groups -OCH3 is 1. The van der Waals surface area contributed by atoms with Crippen molar-refractivity contribution >= 4 is 28.2 Å². The summed E-state index contributed by atoms with van der Waals surface area (Å²) < 4.78 is 29.2. The highest BCUT2D eigenvalue weighted by molar-refractivity contribution is 7.80. The maximum absolute atomic E-state index is 13.3. The Balaban J connectivity index is 1.61. The van der Waals surface area contributed by atoms with Crippen molar-refractivity contribution in [3.8, 4) is 11.5 Å². The minimum Gasteiger partial charge on any atom is -0.454 e. The molecular formula is C22H22FN3O4S. The fourth-order valence-electron chi connectivity index (χ4n) is 3.35. The van der Waals surface area contributed by atoms with Crippen LogP contribution in [0.3, 0.4) is 0 Å². The number of ether oxygens (including phenoxy) is 3. The molecule has 0 atom stereocenters. The molecule has 7 nitrogen and oxygen atoms in total. The lowest BCUT2D eigenvalue weighted by atomic mass is 10.1. The van der Waals surface area contributed by atoms with Crippen LogP contribution in [0.25, 0.3) is 10.9 Å². The minimum atomic E-state index is -0.305. The van der Waals surface area contributed by atoms with Crippen molar-refractivity contribution in [1.82, 2.24) is 15.2 Å². The van der Waals surface area contributed by atoms with Gasteiger partial charge >= 0.3 is 0 Å². The fourth-order valence-corrected chi connectivity index (χ4v) is 3.58. The first kappa shape index (κ1) is 21.1. The second kappa shape index (κ2) is 9.32. The second-order valence-electron chi connectivity index (χ2n) is 7.12. The van der Waals surface area contributed by atoms with Gasteiger partial charge in [0, 0.05) is 37.2 Å². The molecule has 3 aromatic rings. The first-order valence-corrected chi connectivity index (χ1v) is 10.2. The Morgan fingerprint density at radius 1 is 1.19 bits per heavy atom. The number of thiocarbonyl (C=S) groups is 1. The Bertz CT molecular complexity index is 1150. The number of fused-ring (bicyclic) bond motifs is 2. The molecule has 162 valence electrons. The van der Waals surface area contributed by atoms with E-state index < -0.39 is 0 Å². The van der Waals surface area contributed by atoms with Gasteiger partial charge in [-0.1, -0.05) is 12.1 Å². The van der Waals surface area contributed by atoms with Crippen LogP contribution in [0.2, 0.25) is 0 Å². The van der Waals surface area contributed by atoms with E-state index in [0.717, 1.165) is 10.9 Å². The summed E-state index contributed by atoms with van der Waals surface area (Å²) >= 11 is 5.55. The molecule has 0 fully saturated rings. The summed E-state index contributed by atoms with van der Waals surface area (Å²) in [6.45, 7) is 1.88. The van der Waals surface area contributed by atoms with Crippen molar-refractivity contribution in [2.24, 2.45) is 0 Å². The van der Waals surface area contributed by atoms with E-state index in [9.17, 15) is 9.18 Å². The number of halogens is 1. The maximum Gasteiger partial charge on any atom is 0.253 e. The Hall–Kier alpha value is -3.17. The zero-order chi connectivity index (χ0) is 21.8. The molecule has 2 heterocycles. The Kier molecular flexibility index (Phi) is 6.34. The number of benzene rings is 2. The van der Waals surface area contributed by atoms with Gasteiger partial charge in [0.25, 0.3) is 5.56 Å². The third kappa shape index (κ3) is 4.95. The van der Waals surface area contributed by atoms with Crippen LogP contribution in [-0.4, -0.2) is 42.1 Å². The van der Waals surface area contributed by atoms with Gasteiger partial charge in [-0.25, -0.2) is 4.39 Å². The number of pyridine rings is 1. The SMILES string of the molecule is COCCNC(=S)N(Cc1ccc(F)cc1)Cc1cc2cc3c(cc2[nH]c1=O)OCO3. The quantitative estimate of drug-likeness (QED) is 0.430. The Morgan fingerprint density at radius 3 is 2.68 bits per heavy atom. The molecule has 9 heteroatoms. The normalized spacial score (nSPS) is 12.2.